The average Bonchev–Trinajstić information content (AvgIpc) is 2.47. The van der Waals surface area contributed by atoms with Crippen LogP contribution in [0.1, 0.15) is 23.7 Å². The molecule has 0 aliphatic heterocycles. The van der Waals surface area contributed by atoms with E-state index in [1.54, 1.807) is 24.3 Å². The van der Waals surface area contributed by atoms with Gasteiger partial charge in [-0.3, -0.25) is 4.79 Å². The van der Waals surface area contributed by atoms with Crippen LogP contribution in [0.4, 0.5) is 11.4 Å². The fraction of sp³-hybridized carbons (Fsp3) is 0.188. The number of nitrogens with one attached hydrogen (secondary N) is 1. The summed E-state index contributed by atoms with van der Waals surface area (Å²) in [6, 6.07) is 14.1. The molecule has 0 aliphatic rings. The molecule has 0 spiro atoms. The second kappa shape index (κ2) is 6.61. The van der Waals surface area contributed by atoms with E-state index in [-0.39, 0.29) is 5.91 Å². The maximum absolute atomic E-state index is 12.0. The lowest BCUT2D eigenvalue weighted by atomic mass is 10.2. The van der Waals surface area contributed by atoms with E-state index >= 15 is 0 Å². The monoisotopic (exact) mass is 270 g/mol. The lowest BCUT2D eigenvalue weighted by Crippen LogP contribution is -2.11. The molecule has 2 rings (SSSR count). The summed E-state index contributed by atoms with van der Waals surface area (Å²) in [6.07, 6.45) is 0.968. The highest BCUT2D eigenvalue weighted by Crippen LogP contribution is 2.17. The Bertz CT molecular complexity index is 562. The molecule has 104 valence electrons. The molecule has 0 atom stereocenters. The minimum atomic E-state index is -0.160. The Morgan fingerprint density at radius 3 is 2.35 bits per heavy atom. The second-order valence-corrected chi connectivity index (χ2v) is 4.45. The van der Waals surface area contributed by atoms with Crippen molar-refractivity contribution in [1.29, 1.82) is 0 Å². The quantitative estimate of drug-likeness (QED) is 0.819. The van der Waals surface area contributed by atoms with Crippen LogP contribution >= 0.6 is 0 Å². The van der Waals surface area contributed by atoms with Crippen LogP contribution in [-0.2, 0) is 0 Å². The van der Waals surface area contributed by atoms with Crippen molar-refractivity contribution in [3.05, 3.63) is 54.1 Å². The summed E-state index contributed by atoms with van der Waals surface area (Å²) >= 11 is 0. The standard InChI is InChI=1S/C16H18N2O2/c1-2-11-20-15-9-7-14(8-10-15)18-16(19)12-3-5-13(17)6-4-12/h3-10H,2,11,17H2,1H3,(H,18,19). The number of carbonyl (C=O) groups excluding carboxylic acids is 1. The van der Waals surface area contributed by atoms with Gasteiger partial charge in [0.25, 0.3) is 5.91 Å². The van der Waals surface area contributed by atoms with Gasteiger partial charge in [-0.15, -0.1) is 0 Å². The van der Waals surface area contributed by atoms with Crippen molar-refractivity contribution >= 4 is 17.3 Å². The number of ether oxygens (including phenoxy) is 1. The number of hydrogen-bond donors (Lipinski definition) is 2. The number of amides is 1. The fourth-order valence-electron chi connectivity index (χ4n) is 1.69. The van der Waals surface area contributed by atoms with Gasteiger partial charge in [0.15, 0.2) is 0 Å². The summed E-state index contributed by atoms with van der Waals surface area (Å²) < 4.78 is 5.49. The van der Waals surface area contributed by atoms with Gasteiger partial charge in [0, 0.05) is 16.9 Å². The van der Waals surface area contributed by atoms with Crippen LogP contribution < -0.4 is 15.8 Å². The third kappa shape index (κ3) is 3.75. The Labute approximate surface area is 118 Å². The largest absolute Gasteiger partial charge is 0.494 e. The number of benzene rings is 2. The zero-order valence-corrected chi connectivity index (χ0v) is 11.4. The molecule has 0 saturated carbocycles. The molecule has 0 fully saturated rings. The number of nitrogens with two attached hydrogens (primary N) is 1. The molecule has 0 saturated heterocycles. The summed E-state index contributed by atoms with van der Waals surface area (Å²) in [7, 11) is 0. The molecule has 4 heteroatoms. The predicted molar refractivity (Wildman–Crippen MR) is 81.0 cm³/mol. The number of anilines is 2. The smallest absolute Gasteiger partial charge is 0.255 e. The highest BCUT2D eigenvalue weighted by Gasteiger charge is 2.05. The van der Waals surface area contributed by atoms with Gasteiger partial charge >= 0.3 is 0 Å². The average molecular weight is 270 g/mol. The maximum Gasteiger partial charge on any atom is 0.255 e. The molecule has 0 aliphatic carbocycles. The number of carbonyl (C=O) groups is 1. The minimum Gasteiger partial charge on any atom is -0.494 e. The Balaban J connectivity index is 1.99. The SMILES string of the molecule is CCCOc1ccc(NC(=O)c2ccc(N)cc2)cc1. The third-order valence-corrected chi connectivity index (χ3v) is 2.76. The second-order valence-electron chi connectivity index (χ2n) is 4.45. The van der Waals surface area contributed by atoms with Gasteiger partial charge in [-0.05, 0) is 55.0 Å². The van der Waals surface area contributed by atoms with Crippen LogP contribution in [0.2, 0.25) is 0 Å². The molecule has 0 unspecified atom stereocenters. The Hall–Kier alpha value is -2.49. The van der Waals surface area contributed by atoms with Crippen molar-refractivity contribution in [3.8, 4) is 5.75 Å². The van der Waals surface area contributed by atoms with Crippen molar-refractivity contribution in [2.45, 2.75) is 13.3 Å². The topological polar surface area (TPSA) is 64.3 Å². The predicted octanol–water partition coefficient (Wildman–Crippen LogP) is 3.31. The van der Waals surface area contributed by atoms with Crippen LogP contribution in [0.15, 0.2) is 48.5 Å². The zero-order chi connectivity index (χ0) is 14.4. The van der Waals surface area contributed by atoms with Gasteiger partial charge in [-0.25, -0.2) is 0 Å². The van der Waals surface area contributed by atoms with Crippen molar-refractivity contribution in [2.75, 3.05) is 17.7 Å². The molecule has 2 aromatic carbocycles. The summed E-state index contributed by atoms with van der Waals surface area (Å²) in [5, 5.41) is 2.83. The summed E-state index contributed by atoms with van der Waals surface area (Å²) in [6.45, 7) is 2.75. The van der Waals surface area contributed by atoms with E-state index in [0.717, 1.165) is 17.9 Å². The van der Waals surface area contributed by atoms with Crippen LogP contribution in [0.3, 0.4) is 0 Å². The van der Waals surface area contributed by atoms with Gasteiger partial charge in [-0.2, -0.15) is 0 Å². The lowest BCUT2D eigenvalue weighted by Gasteiger charge is -2.08. The first-order valence-corrected chi connectivity index (χ1v) is 6.59. The van der Waals surface area contributed by atoms with Gasteiger partial charge in [-0.1, -0.05) is 6.92 Å². The Morgan fingerprint density at radius 2 is 1.75 bits per heavy atom. The molecular weight excluding hydrogens is 252 g/mol. The Morgan fingerprint density at radius 1 is 1.10 bits per heavy atom. The molecular formula is C16H18N2O2. The highest BCUT2D eigenvalue weighted by atomic mass is 16.5. The third-order valence-electron chi connectivity index (χ3n) is 2.76. The fourth-order valence-corrected chi connectivity index (χ4v) is 1.69. The summed E-state index contributed by atoms with van der Waals surface area (Å²) in [4.78, 5) is 12.0. The highest BCUT2D eigenvalue weighted by molar-refractivity contribution is 6.04. The number of rotatable bonds is 5. The maximum atomic E-state index is 12.0. The molecule has 1 amide bonds. The van der Waals surface area contributed by atoms with Crippen molar-refractivity contribution in [1.82, 2.24) is 0 Å². The van der Waals surface area contributed by atoms with Crippen LogP contribution in [0, 0.1) is 0 Å². The molecule has 0 aromatic heterocycles. The van der Waals surface area contributed by atoms with E-state index in [1.165, 1.54) is 0 Å². The first-order valence-electron chi connectivity index (χ1n) is 6.59. The van der Waals surface area contributed by atoms with E-state index in [4.69, 9.17) is 10.5 Å². The molecule has 3 N–H and O–H groups in total. The zero-order valence-electron chi connectivity index (χ0n) is 11.4. The van der Waals surface area contributed by atoms with Crippen molar-refractivity contribution < 1.29 is 9.53 Å². The van der Waals surface area contributed by atoms with Gasteiger partial charge in [0.2, 0.25) is 0 Å². The Kier molecular flexibility index (Phi) is 4.60. The lowest BCUT2D eigenvalue weighted by molar-refractivity contribution is 0.102. The van der Waals surface area contributed by atoms with Crippen LogP contribution in [0.25, 0.3) is 0 Å². The van der Waals surface area contributed by atoms with Crippen molar-refractivity contribution in [2.24, 2.45) is 0 Å². The molecule has 0 bridgehead atoms. The van der Waals surface area contributed by atoms with Crippen molar-refractivity contribution in [3.63, 3.8) is 0 Å². The molecule has 0 heterocycles. The molecule has 20 heavy (non-hydrogen) atoms. The number of hydrogen-bond acceptors (Lipinski definition) is 3. The van der Waals surface area contributed by atoms with E-state index in [9.17, 15) is 4.79 Å². The van der Waals surface area contributed by atoms with Crippen LogP contribution in [0.5, 0.6) is 5.75 Å². The summed E-state index contributed by atoms with van der Waals surface area (Å²) in [5.74, 6) is 0.643. The number of nitrogen functional groups attached to an aromatic ring is 1. The minimum absolute atomic E-state index is 0.160. The van der Waals surface area contributed by atoms with E-state index in [0.29, 0.717) is 17.9 Å². The van der Waals surface area contributed by atoms with E-state index in [2.05, 4.69) is 12.2 Å². The van der Waals surface area contributed by atoms with Gasteiger partial charge in [0.1, 0.15) is 5.75 Å². The molecule has 0 radical (unpaired) electrons. The van der Waals surface area contributed by atoms with Crippen LogP contribution in [-0.4, -0.2) is 12.5 Å². The first kappa shape index (κ1) is 13.9. The van der Waals surface area contributed by atoms with Gasteiger partial charge < -0.3 is 15.8 Å². The van der Waals surface area contributed by atoms with E-state index < -0.39 is 0 Å². The molecule has 4 nitrogen and oxygen atoms in total. The summed E-state index contributed by atoms with van der Waals surface area (Å²) in [5.41, 5.74) is 7.53. The van der Waals surface area contributed by atoms with Gasteiger partial charge in [0.05, 0.1) is 6.61 Å². The van der Waals surface area contributed by atoms with E-state index in [1.807, 2.05) is 24.3 Å². The molecule has 2 aromatic rings. The first-order chi connectivity index (χ1) is 9.69. The normalized spacial score (nSPS) is 10.1.